The molecule has 0 aliphatic carbocycles. The number of carbonyl (C=O) groups is 10. The lowest BCUT2D eigenvalue weighted by Crippen LogP contribution is -2.53. The molecule has 5 N–H and O–H groups in total. The number of rotatable bonds is 55. The summed E-state index contributed by atoms with van der Waals surface area (Å²) in [5.41, 5.74) is 10.3. The summed E-state index contributed by atoms with van der Waals surface area (Å²) < 4.78 is 58.6. The number of hydrogen-bond acceptors (Lipinski definition) is 26. The zero-order chi connectivity index (χ0) is 97.0. The molecule has 2 unspecified atom stereocenters. The third-order valence-electron chi connectivity index (χ3n) is 21.1. The van der Waals surface area contributed by atoms with Crippen molar-refractivity contribution in [3.63, 3.8) is 0 Å². The second-order valence-corrected chi connectivity index (χ2v) is 36.6. The molecule has 0 aliphatic heterocycles. The minimum absolute atomic E-state index is 0. The van der Waals surface area contributed by atoms with Crippen molar-refractivity contribution >= 4 is 70.3 Å². The molecule has 4 aromatic carbocycles. The topological polar surface area (TPSA) is 373 Å². The van der Waals surface area contributed by atoms with Crippen LogP contribution in [0.2, 0.25) is 0 Å². The first-order valence-corrected chi connectivity index (χ1v) is 45.2. The number of amides is 4. The lowest BCUT2D eigenvalue weighted by molar-refractivity contribution is -0.156. The van der Waals surface area contributed by atoms with Gasteiger partial charge in [-0.15, -0.1) is 0 Å². The summed E-state index contributed by atoms with van der Waals surface area (Å²) in [6.07, 6.45) is 2.10. The first-order valence-electron chi connectivity index (χ1n) is 44.8. The summed E-state index contributed by atoms with van der Waals surface area (Å²) in [7, 11) is 5.76. The van der Waals surface area contributed by atoms with Crippen LogP contribution >= 0.6 is 11.6 Å². The second kappa shape index (κ2) is 62.5. The molecule has 0 saturated heterocycles. The van der Waals surface area contributed by atoms with Gasteiger partial charge in [-0.1, -0.05) is 226 Å². The van der Waals surface area contributed by atoms with E-state index in [1.807, 2.05) is 243 Å². The predicted octanol–water partition coefficient (Wildman–Crippen LogP) is 15.2. The highest BCUT2D eigenvalue weighted by Gasteiger charge is 2.42. The molecule has 0 bridgehead atoms. The third kappa shape index (κ3) is 47.1. The SMILES string of the molecule is C.CCCC(=O)Cl.CCCC(=O)O[C@@H](CN(Cc1ccc(-c2ccccn2)cc1)NC(=O)C(CC(=O)OC)C(C)(C)C)[C@@H](CC(=O)[C@@H](NC(=O)OCCOCCOCCOC)C(C)(C)C)Cc1ccccc1.COCCOCCOCCOC(=O)N[C@H](C(=O)C[C@@H](Cc1ccccc1)[C@@H](O)CN(Cc1ccc(-c2ccccn2)cc1)NC(=O)C(CC(=O)OC)C(C)(C)C)C(C)(C)C. The third-order valence-corrected chi connectivity index (χ3v) is 21.3. The maximum Gasteiger partial charge on any atom is 0.407 e. The number of carbonyl (C=O) groups excluding carboxylic acids is 10. The molecule has 30 nitrogen and oxygen atoms in total. The first kappa shape index (κ1) is 116. The van der Waals surface area contributed by atoms with Crippen LogP contribution in [0.5, 0.6) is 0 Å². The van der Waals surface area contributed by atoms with Crippen LogP contribution in [0.1, 0.15) is 178 Å². The number of nitrogens with zero attached hydrogens (tertiary/aromatic N) is 4. The number of aliphatic hydroxyl groups excluding tert-OH is 1. The van der Waals surface area contributed by atoms with E-state index in [0.29, 0.717) is 78.5 Å². The van der Waals surface area contributed by atoms with E-state index in [1.54, 1.807) is 36.6 Å². The van der Waals surface area contributed by atoms with Crippen LogP contribution in [0, 0.1) is 45.3 Å². The molecule has 0 spiro atoms. The normalized spacial score (nSPS) is 13.3. The Labute approximate surface area is 787 Å². The Bertz CT molecular complexity index is 4300. The first-order chi connectivity index (χ1) is 62.2. The molecule has 2 heterocycles. The average molecular weight is 1860 g/mol. The fourth-order valence-corrected chi connectivity index (χ4v) is 14.1. The van der Waals surface area contributed by atoms with Gasteiger partial charge in [0.05, 0.1) is 141 Å². The zero-order valence-corrected chi connectivity index (χ0v) is 81.0. The molecule has 0 aliphatic rings. The lowest BCUT2D eigenvalue weighted by atomic mass is 9.78. The van der Waals surface area contributed by atoms with Gasteiger partial charge in [0.2, 0.25) is 17.1 Å². The van der Waals surface area contributed by atoms with Crippen molar-refractivity contribution in [2.24, 2.45) is 45.3 Å². The summed E-state index contributed by atoms with van der Waals surface area (Å²) >= 11 is 4.94. The van der Waals surface area contributed by atoms with Crippen LogP contribution in [-0.2, 0) is 116 Å². The number of aromatic nitrogens is 2. The van der Waals surface area contributed by atoms with Crippen molar-refractivity contribution in [1.82, 2.24) is 41.5 Å². The van der Waals surface area contributed by atoms with Crippen molar-refractivity contribution in [2.45, 2.75) is 206 Å². The smallest absolute Gasteiger partial charge is 0.407 e. The second-order valence-electron chi connectivity index (χ2n) is 36.2. The molecular formula is C101H149ClN8O22. The predicted molar refractivity (Wildman–Crippen MR) is 508 cm³/mol. The molecule has 2 aromatic heterocycles. The Kier molecular flexibility index (Phi) is 55.0. The highest BCUT2D eigenvalue weighted by Crippen LogP contribution is 2.34. The fraction of sp³-hybridized carbons (Fsp3) is 0.564. The number of alkyl carbamates (subject to hydrolysis) is 2. The van der Waals surface area contributed by atoms with E-state index >= 15 is 0 Å². The number of Topliss-reactive ketones (excluding diaryl/α,β-unsaturated/α-hetero) is 2. The largest absolute Gasteiger partial charge is 0.469 e. The molecule has 0 radical (unpaired) electrons. The number of hydrazine groups is 2. The van der Waals surface area contributed by atoms with Gasteiger partial charge in [0.1, 0.15) is 19.3 Å². The highest BCUT2D eigenvalue weighted by atomic mass is 35.5. The maximum absolute atomic E-state index is 14.6. The Hall–Kier alpha value is -9.99. The monoisotopic (exact) mass is 1860 g/mol. The molecule has 0 saturated carbocycles. The van der Waals surface area contributed by atoms with Gasteiger partial charge >= 0.3 is 30.1 Å². The number of pyridine rings is 2. The van der Waals surface area contributed by atoms with E-state index in [1.165, 1.54) is 14.2 Å². The number of esters is 3. The molecule has 8 atom stereocenters. The van der Waals surface area contributed by atoms with Gasteiger partial charge in [0.15, 0.2) is 11.6 Å². The minimum Gasteiger partial charge on any atom is -0.469 e. The fourth-order valence-electron chi connectivity index (χ4n) is 13.9. The van der Waals surface area contributed by atoms with Crippen LogP contribution in [-0.4, -0.2) is 229 Å². The molecule has 4 amide bonds. The standard InChI is InChI=1S/C50H72N4O11.C46H66N4O10.C4H7ClO.CH4/c1-10-16-44(56)65-43(35-54(53-47(58)40(49(2,3)4)33-45(57)61-9)34-37-20-22-38(23-21-37)41-19-14-15-24-51-41)39(31-36-17-12-11-13-18-36)32-42(55)46(50(5,6)7)52-48(59)64-30-29-63-28-27-62-26-25-60-8;1-45(2,3)37(30-41(53)57-8)43(54)49-50(31-34-17-19-35(20-18-34)38-16-12-13-21-47-38)32-40(52)36(28-33-14-10-9-11-15-33)29-39(51)42(46(4,5)6)48-44(55)60-27-26-59-25-24-58-23-22-56-7;1-2-3-4(5)6;/h11-15,17-24,39-40,43,46H,10,16,25-35H2,1-9H3,(H,52,59)(H,53,58);9-21,36-37,40,42,52H,22-32H2,1-8H3,(H,48,55)(H,49,54);2-3H2,1H3;1H4/t39-,40?,43+,46-;36-,37?,40+,42-;;/m11../s1. The van der Waals surface area contributed by atoms with E-state index in [9.17, 15) is 53.1 Å². The van der Waals surface area contributed by atoms with Crippen LogP contribution in [0.3, 0.4) is 0 Å². The van der Waals surface area contributed by atoms with Gasteiger partial charge < -0.3 is 67.8 Å². The Balaban J connectivity index is 0.000000637. The van der Waals surface area contributed by atoms with Gasteiger partial charge in [-0.3, -0.25) is 59.2 Å². The molecule has 6 aromatic rings. The molecule has 132 heavy (non-hydrogen) atoms. The van der Waals surface area contributed by atoms with Gasteiger partial charge in [0, 0.05) is 89.0 Å². The van der Waals surface area contributed by atoms with Crippen molar-refractivity contribution in [3.05, 3.63) is 180 Å². The quantitative estimate of drug-likeness (QED) is 0.00778. The Morgan fingerprint density at radius 3 is 1.10 bits per heavy atom. The maximum atomic E-state index is 14.6. The number of hydrogen-bond donors (Lipinski definition) is 5. The molecular weight excluding hydrogens is 1710 g/mol. The van der Waals surface area contributed by atoms with E-state index in [4.69, 9.17) is 63.7 Å². The summed E-state index contributed by atoms with van der Waals surface area (Å²) in [6.45, 7) is 30.0. The van der Waals surface area contributed by atoms with Crippen LogP contribution in [0.15, 0.2) is 158 Å². The lowest BCUT2D eigenvalue weighted by Gasteiger charge is -2.36. The zero-order valence-electron chi connectivity index (χ0n) is 80.2. The number of ether oxygens (including phenoxy) is 11. The van der Waals surface area contributed by atoms with Crippen LogP contribution in [0.25, 0.3) is 22.5 Å². The number of aliphatic hydroxyl groups is 1. The van der Waals surface area contributed by atoms with Crippen molar-refractivity contribution in [3.8, 4) is 22.5 Å². The van der Waals surface area contributed by atoms with Crippen LogP contribution < -0.4 is 21.5 Å². The Morgan fingerprint density at radius 2 is 0.765 bits per heavy atom. The molecule has 6 rings (SSSR count). The van der Waals surface area contributed by atoms with Gasteiger partial charge in [-0.2, -0.15) is 0 Å². The minimum atomic E-state index is -1.13. The van der Waals surface area contributed by atoms with Gasteiger partial charge in [-0.25, -0.2) is 19.6 Å². The number of halogens is 1. The average Bonchev–Trinajstić information content (AvgIpc) is 0.827. The Morgan fingerprint density at radius 1 is 0.409 bits per heavy atom. The van der Waals surface area contributed by atoms with Crippen LogP contribution in [0.4, 0.5) is 9.59 Å². The van der Waals surface area contributed by atoms with Crippen molar-refractivity contribution in [1.29, 1.82) is 0 Å². The number of methoxy groups -OCH3 is 4. The van der Waals surface area contributed by atoms with Gasteiger partial charge in [-0.05, 0) is 111 Å². The molecule has 0 fully saturated rings. The van der Waals surface area contributed by atoms with E-state index in [0.717, 1.165) is 51.2 Å². The van der Waals surface area contributed by atoms with E-state index < -0.39 is 112 Å². The number of ketones is 2. The van der Waals surface area contributed by atoms with Crippen molar-refractivity contribution < 1.29 is 105 Å². The molecule has 732 valence electrons. The summed E-state index contributed by atoms with van der Waals surface area (Å²) in [5, 5.41) is 20.7. The highest BCUT2D eigenvalue weighted by molar-refractivity contribution is 6.63. The van der Waals surface area contributed by atoms with E-state index in [-0.39, 0.29) is 109 Å². The number of benzene rings is 4. The summed E-state index contributed by atoms with van der Waals surface area (Å²) in [4.78, 5) is 140. The number of nitrogens with one attached hydrogen (secondary N) is 4. The van der Waals surface area contributed by atoms with Crippen molar-refractivity contribution in [2.75, 3.05) is 121 Å². The van der Waals surface area contributed by atoms with Gasteiger partial charge in [0.25, 0.3) is 0 Å². The summed E-state index contributed by atoms with van der Waals surface area (Å²) in [5.74, 6) is -5.65. The molecule has 31 heteroatoms. The summed E-state index contributed by atoms with van der Waals surface area (Å²) in [6, 6.07) is 44.1. The van der Waals surface area contributed by atoms with E-state index in [2.05, 4.69) is 31.5 Å².